The lowest BCUT2D eigenvalue weighted by atomic mass is 9.79. The van der Waals surface area contributed by atoms with Crippen LogP contribution < -0.4 is 4.74 Å². The molecule has 0 heterocycles. The van der Waals surface area contributed by atoms with Gasteiger partial charge in [0.1, 0.15) is 5.75 Å². The number of unbranched alkanes of at least 4 members (excludes halogenated alkanes) is 1. The van der Waals surface area contributed by atoms with Crippen LogP contribution >= 0.6 is 11.6 Å². The minimum absolute atomic E-state index is 0.301. The van der Waals surface area contributed by atoms with Gasteiger partial charge in [0.25, 0.3) is 0 Å². The fourth-order valence-corrected chi connectivity index (χ4v) is 3.52. The van der Waals surface area contributed by atoms with Crippen LogP contribution in [0.1, 0.15) is 44.9 Å². The maximum atomic E-state index is 12.2. The van der Waals surface area contributed by atoms with Crippen molar-refractivity contribution in [2.45, 2.75) is 44.9 Å². The molecule has 4 nitrogen and oxygen atoms in total. The Kier molecular flexibility index (Phi) is 7.86. The zero-order valence-corrected chi connectivity index (χ0v) is 15.2. The third-order valence-electron chi connectivity index (χ3n) is 4.85. The highest BCUT2D eigenvalue weighted by atomic mass is 35.5. The molecule has 2 rings (SSSR count). The van der Waals surface area contributed by atoms with Crippen molar-refractivity contribution in [3.05, 3.63) is 29.3 Å². The third kappa shape index (κ3) is 6.33. The number of aliphatic hydroxyl groups is 1. The number of amides is 1. The first-order valence-corrected chi connectivity index (χ1v) is 9.25. The smallest absolute Gasteiger partial charge is 0.410 e. The van der Waals surface area contributed by atoms with E-state index in [1.54, 1.807) is 36.2 Å². The number of benzene rings is 1. The molecule has 0 bridgehead atoms. The molecule has 0 atom stereocenters. The second kappa shape index (κ2) is 9.90. The van der Waals surface area contributed by atoms with Crippen molar-refractivity contribution in [2.24, 2.45) is 11.8 Å². The summed E-state index contributed by atoms with van der Waals surface area (Å²) in [4.78, 5) is 13.8. The Morgan fingerprint density at radius 3 is 2.42 bits per heavy atom. The summed E-state index contributed by atoms with van der Waals surface area (Å²) in [5.74, 6) is 1.87. The number of carbonyl (C=O) groups is 1. The minimum Gasteiger partial charge on any atom is -0.410 e. The minimum atomic E-state index is -0.317. The summed E-state index contributed by atoms with van der Waals surface area (Å²) >= 11 is 5.83. The highest BCUT2D eigenvalue weighted by Crippen LogP contribution is 2.32. The molecule has 0 spiro atoms. The van der Waals surface area contributed by atoms with Crippen LogP contribution in [0.2, 0.25) is 5.02 Å². The van der Waals surface area contributed by atoms with Gasteiger partial charge in [-0.3, -0.25) is 0 Å². The summed E-state index contributed by atoms with van der Waals surface area (Å²) in [5.41, 5.74) is 0. The molecule has 0 unspecified atom stereocenters. The highest BCUT2D eigenvalue weighted by Gasteiger charge is 2.23. The predicted molar refractivity (Wildman–Crippen MR) is 96.5 cm³/mol. The predicted octanol–water partition coefficient (Wildman–Crippen LogP) is 4.74. The van der Waals surface area contributed by atoms with Gasteiger partial charge in [0.2, 0.25) is 0 Å². The van der Waals surface area contributed by atoms with Crippen molar-refractivity contribution in [2.75, 3.05) is 20.2 Å². The highest BCUT2D eigenvalue weighted by molar-refractivity contribution is 6.30. The van der Waals surface area contributed by atoms with Gasteiger partial charge in [-0.15, -0.1) is 0 Å². The van der Waals surface area contributed by atoms with Crippen LogP contribution in [0.5, 0.6) is 5.75 Å². The lowest BCUT2D eigenvalue weighted by Crippen LogP contribution is -2.35. The Bertz CT molecular complexity index is 498. The Balaban J connectivity index is 1.69. The molecule has 1 N–H and O–H groups in total. The number of aliphatic hydroxyl groups excluding tert-OH is 1. The van der Waals surface area contributed by atoms with Gasteiger partial charge in [0.15, 0.2) is 0 Å². The summed E-state index contributed by atoms with van der Waals surface area (Å²) < 4.78 is 5.36. The van der Waals surface area contributed by atoms with E-state index in [2.05, 4.69) is 0 Å². The molecular weight excluding hydrogens is 326 g/mol. The fraction of sp³-hybridized carbons (Fsp3) is 0.632. The average molecular weight is 354 g/mol. The molecule has 1 aromatic rings. The Morgan fingerprint density at radius 1 is 1.17 bits per heavy atom. The van der Waals surface area contributed by atoms with E-state index in [4.69, 9.17) is 21.4 Å². The molecule has 1 fully saturated rings. The van der Waals surface area contributed by atoms with Crippen LogP contribution in [-0.2, 0) is 0 Å². The molecule has 0 radical (unpaired) electrons. The maximum absolute atomic E-state index is 12.2. The summed E-state index contributed by atoms with van der Waals surface area (Å²) in [7, 11) is 1.80. The van der Waals surface area contributed by atoms with E-state index >= 15 is 0 Å². The lowest BCUT2D eigenvalue weighted by molar-refractivity contribution is 0.144. The van der Waals surface area contributed by atoms with Gasteiger partial charge in [-0.2, -0.15) is 0 Å². The zero-order chi connectivity index (χ0) is 17.4. The first kappa shape index (κ1) is 19.1. The van der Waals surface area contributed by atoms with Gasteiger partial charge >= 0.3 is 6.09 Å². The van der Waals surface area contributed by atoms with E-state index in [0.717, 1.165) is 25.3 Å². The second-order valence-corrected chi connectivity index (χ2v) is 7.24. The number of rotatable bonds is 7. The van der Waals surface area contributed by atoms with Crippen LogP contribution in [0.15, 0.2) is 24.3 Å². The molecule has 1 aromatic carbocycles. The number of carbonyl (C=O) groups excluding carboxylic acids is 1. The third-order valence-corrected chi connectivity index (χ3v) is 5.10. The molecule has 1 saturated carbocycles. The normalized spacial score (nSPS) is 20.6. The molecule has 5 heteroatoms. The van der Waals surface area contributed by atoms with Crippen LogP contribution in [0.4, 0.5) is 4.79 Å². The van der Waals surface area contributed by atoms with Crippen LogP contribution in [0.25, 0.3) is 0 Å². The quantitative estimate of drug-likeness (QED) is 0.720. The van der Waals surface area contributed by atoms with Crippen LogP contribution in [0, 0.1) is 11.8 Å². The van der Waals surface area contributed by atoms with Crippen molar-refractivity contribution in [3.63, 3.8) is 0 Å². The number of hydrogen-bond acceptors (Lipinski definition) is 3. The van der Waals surface area contributed by atoms with Gasteiger partial charge in [-0.1, -0.05) is 37.3 Å². The van der Waals surface area contributed by atoms with Crippen LogP contribution in [0.3, 0.4) is 0 Å². The molecule has 1 amide bonds. The van der Waals surface area contributed by atoms with E-state index in [1.165, 1.54) is 32.1 Å². The summed E-state index contributed by atoms with van der Waals surface area (Å²) in [5, 5.41) is 9.48. The molecular formula is C19H28ClNO3. The van der Waals surface area contributed by atoms with Gasteiger partial charge < -0.3 is 14.7 Å². The number of nitrogens with zero attached hydrogens (tertiary/aromatic N) is 1. The topological polar surface area (TPSA) is 49.8 Å². The van der Waals surface area contributed by atoms with Gasteiger partial charge in [0.05, 0.1) is 0 Å². The first-order chi connectivity index (χ1) is 11.6. The lowest BCUT2D eigenvalue weighted by Gasteiger charge is -2.31. The van der Waals surface area contributed by atoms with Gasteiger partial charge in [0, 0.05) is 25.2 Å². The van der Waals surface area contributed by atoms with Crippen molar-refractivity contribution in [1.29, 1.82) is 0 Å². The number of ether oxygens (including phenoxy) is 1. The van der Waals surface area contributed by atoms with E-state index in [-0.39, 0.29) is 6.09 Å². The van der Waals surface area contributed by atoms with E-state index in [9.17, 15) is 4.79 Å². The van der Waals surface area contributed by atoms with Gasteiger partial charge in [-0.05, 0) is 55.4 Å². The number of halogens is 1. The standard InChI is InChI=1S/C19H28ClNO3/c1-21(19(23)24-18-11-9-17(20)10-12-18)14-16-7-5-15(6-8-16)4-2-3-13-22/h9-12,15-16,22H,2-8,13-14H2,1H3. The summed E-state index contributed by atoms with van der Waals surface area (Å²) in [6, 6.07) is 6.82. The fourth-order valence-electron chi connectivity index (χ4n) is 3.39. The first-order valence-electron chi connectivity index (χ1n) is 8.88. The molecule has 134 valence electrons. The Morgan fingerprint density at radius 2 is 1.79 bits per heavy atom. The second-order valence-electron chi connectivity index (χ2n) is 6.81. The molecule has 1 aliphatic rings. The zero-order valence-electron chi connectivity index (χ0n) is 14.4. The molecule has 0 saturated heterocycles. The van der Waals surface area contributed by atoms with Crippen molar-refractivity contribution in [3.8, 4) is 5.75 Å². The molecule has 0 aliphatic heterocycles. The maximum Gasteiger partial charge on any atom is 0.414 e. The monoisotopic (exact) mass is 353 g/mol. The van der Waals surface area contributed by atoms with Gasteiger partial charge in [-0.25, -0.2) is 4.79 Å². The SMILES string of the molecule is CN(CC1CCC(CCCCO)CC1)C(=O)Oc1ccc(Cl)cc1. The molecule has 24 heavy (non-hydrogen) atoms. The Hall–Kier alpha value is -1.26. The van der Waals surface area contributed by atoms with E-state index in [0.29, 0.717) is 23.3 Å². The molecule has 0 aromatic heterocycles. The van der Waals surface area contributed by atoms with Crippen molar-refractivity contribution in [1.82, 2.24) is 4.90 Å². The Labute approximate surface area is 149 Å². The molecule has 1 aliphatic carbocycles. The van der Waals surface area contributed by atoms with Crippen LogP contribution in [-0.4, -0.2) is 36.3 Å². The van der Waals surface area contributed by atoms with E-state index < -0.39 is 0 Å². The van der Waals surface area contributed by atoms with Crippen molar-refractivity contribution >= 4 is 17.7 Å². The summed E-state index contributed by atoms with van der Waals surface area (Å²) in [6.07, 6.45) is 7.75. The number of hydrogen-bond donors (Lipinski definition) is 1. The van der Waals surface area contributed by atoms with Crippen molar-refractivity contribution < 1.29 is 14.6 Å². The average Bonchev–Trinajstić information content (AvgIpc) is 2.58. The summed E-state index contributed by atoms with van der Waals surface area (Å²) in [6.45, 7) is 1.05. The largest absolute Gasteiger partial charge is 0.414 e. The van der Waals surface area contributed by atoms with E-state index in [1.807, 2.05) is 0 Å².